The van der Waals surface area contributed by atoms with E-state index >= 15 is 0 Å². The molecule has 2 amide bonds. The first-order valence-corrected chi connectivity index (χ1v) is 8.69. The van der Waals surface area contributed by atoms with E-state index < -0.39 is 5.91 Å². The van der Waals surface area contributed by atoms with Crippen molar-refractivity contribution in [2.75, 3.05) is 12.4 Å². The van der Waals surface area contributed by atoms with Gasteiger partial charge < -0.3 is 19.8 Å². The van der Waals surface area contributed by atoms with Gasteiger partial charge >= 0.3 is 0 Å². The van der Waals surface area contributed by atoms with E-state index in [2.05, 4.69) is 10.6 Å². The summed E-state index contributed by atoms with van der Waals surface area (Å²) in [5.41, 5.74) is 2.14. The van der Waals surface area contributed by atoms with Crippen LogP contribution in [0, 0.1) is 6.92 Å². The zero-order valence-corrected chi connectivity index (χ0v) is 15.8. The van der Waals surface area contributed by atoms with Gasteiger partial charge in [0.15, 0.2) is 5.76 Å². The third-order valence-corrected chi connectivity index (χ3v) is 4.19. The van der Waals surface area contributed by atoms with Gasteiger partial charge in [-0.15, -0.1) is 0 Å². The number of methoxy groups -OCH3 is 1. The molecule has 0 aliphatic carbocycles. The fraction of sp³-hybridized carbons (Fsp3) is 0.238. The predicted octanol–water partition coefficient (Wildman–Crippen LogP) is 4.14. The summed E-state index contributed by atoms with van der Waals surface area (Å²) in [6, 6.07) is 12.2. The summed E-state index contributed by atoms with van der Waals surface area (Å²) in [6.07, 6.45) is 0. The number of aryl methyl sites for hydroxylation is 1. The van der Waals surface area contributed by atoms with E-state index in [-0.39, 0.29) is 17.7 Å². The second-order valence-electron chi connectivity index (χ2n) is 6.55. The van der Waals surface area contributed by atoms with Crippen LogP contribution in [-0.4, -0.2) is 25.0 Å². The number of carbonyl (C=O) groups excluding carboxylic acids is 2. The number of amides is 2. The molecule has 140 valence electrons. The molecule has 0 fully saturated rings. The van der Waals surface area contributed by atoms with E-state index in [1.54, 1.807) is 43.5 Å². The molecule has 0 aliphatic heterocycles. The van der Waals surface area contributed by atoms with Gasteiger partial charge in [0.1, 0.15) is 11.3 Å². The Kier molecular flexibility index (Phi) is 5.16. The first-order chi connectivity index (χ1) is 12.9. The Labute approximate surface area is 157 Å². The zero-order valence-electron chi connectivity index (χ0n) is 15.8. The lowest BCUT2D eigenvalue weighted by molar-refractivity contribution is 0.0944. The summed E-state index contributed by atoms with van der Waals surface area (Å²) >= 11 is 0. The topological polar surface area (TPSA) is 80.6 Å². The number of furan rings is 1. The maximum atomic E-state index is 12.8. The zero-order chi connectivity index (χ0) is 19.6. The van der Waals surface area contributed by atoms with Gasteiger partial charge in [0.2, 0.25) is 0 Å². The Morgan fingerprint density at radius 3 is 2.52 bits per heavy atom. The molecule has 0 radical (unpaired) electrons. The lowest BCUT2D eigenvalue weighted by Gasteiger charge is -2.12. The highest BCUT2D eigenvalue weighted by atomic mass is 16.5. The first kappa shape index (κ1) is 18.5. The average Bonchev–Trinajstić information content (AvgIpc) is 2.97. The summed E-state index contributed by atoms with van der Waals surface area (Å²) in [7, 11) is 1.59. The molecule has 2 aromatic carbocycles. The Morgan fingerprint density at radius 2 is 1.81 bits per heavy atom. The van der Waals surface area contributed by atoms with Crippen LogP contribution in [0.2, 0.25) is 0 Å². The Hall–Kier alpha value is -3.28. The van der Waals surface area contributed by atoms with Crippen LogP contribution in [0.15, 0.2) is 46.9 Å². The highest BCUT2D eigenvalue weighted by molar-refractivity contribution is 6.10. The standard InChI is InChI=1S/C21H22N2O4/c1-12(2)22-20(24)15-7-5-6-8-17(15)23-21(25)19-13(3)16-11-14(26-4)9-10-18(16)27-19/h5-12H,1-4H3,(H,22,24)(H,23,25). The highest BCUT2D eigenvalue weighted by Crippen LogP contribution is 2.29. The number of hydrogen-bond acceptors (Lipinski definition) is 4. The van der Waals surface area contributed by atoms with Crippen molar-refractivity contribution in [3.63, 3.8) is 0 Å². The number of anilines is 1. The van der Waals surface area contributed by atoms with Gasteiger partial charge in [-0.05, 0) is 51.1 Å². The Bertz CT molecular complexity index is 1000. The second kappa shape index (κ2) is 7.53. The molecule has 27 heavy (non-hydrogen) atoms. The molecule has 1 aromatic heterocycles. The van der Waals surface area contributed by atoms with E-state index in [1.165, 1.54) is 0 Å². The highest BCUT2D eigenvalue weighted by Gasteiger charge is 2.20. The van der Waals surface area contributed by atoms with Crippen molar-refractivity contribution in [3.8, 4) is 5.75 Å². The number of nitrogens with one attached hydrogen (secondary N) is 2. The van der Waals surface area contributed by atoms with E-state index in [0.29, 0.717) is 28.1 Å². The summed E-state index contributed by atoms with van der Waals surface area (Å²) in [5, 5.41) is 6.43. The Morgan fingerprint density at radius 1 is 1.07 bits per heavy atom. The fourth-order valence-electron chi connectivity index (χ4n) is 2.85. The van der Waals surface area contributed by atoms with Crippen LogP contribution < -0.4 is 15.4 Å². The van der Waals surface area contributed by atoms with Gasteiger partial charge in [-0.1, -0.05) is 12.1 Å². The number of fused-ring (bicyclic) bond motifs is 1. The number of benzene rings is 2. The molecular formula is C21H22N2O4. The maximum absolute atomic E-state index is 12.8. The molecular weight excluding hydrogens is 344 g/mol. The minimum atomic E-state index is -0.410. The van der Waals surface area contributed by atoms with Crippen molar-refractivity contribution >= 4 is 28.5 Å². The lowest BCUT2D eigenvalue weighted by atomic mass is 10.1. The molecule has 6 nitrogen and oxygen atoms in total. The van der Waals surface area contributed by atoms with Crippen molar-refractivity contribution in [3.05, 3.63) is 59.4 Å². The molecule has 1 heterocycles. The van der Waals surface area contributed by atoms with Crippen molar-refractivity contribution in [1.82, 2.24) is 5.32 Å². The minimum absolute atomic E-state index is 0.00569. The number of rotatable bonds is 5. The van der Waals surface area contributed by atoms with Gasteiger partial charge in [-0.3, -0.25) is 9.59 Å². The minimum Gasteiger partial charge on any atom is -0.497 e. The number of para-hydroxylation sites is 1. The van der Waals surface area contributed by atoms with Crippen molar-refractivity contribution in [2.24, 2.45) is 0 Å². The lowest BCUT2D eigenvalue weighted by Crippen LogP contribution is -2.31. The normalized spacial score (nSPS) is 10.9. The quantitative estimate of drug-likeness (QED) is 0.711. The summed E-state index contributed by atoms with van der Waals surface area (Å²) < 4.78 is 11.0. The average molecular weight is 366 g/mol. The molecule has 0 bridgehead atoms. The maximum Gasteiger partial charge on any atom is 0.291 e. The third-order valence-electron chi connectivity index (χ3n) is 4.19. The van der Waals surface area contributed by atoms with E-state index in [0.717, 1.165) is 5.39 Å². The summed E-state index contributed by atoms with van der Waals surface area (Å²) in [4.78, 5) is 25.2. The SMILES string of the molecule is COc1ccc2oc(C(=O)Nc3ccccc3C(=O)NC(C)C)c(C)c2c1. The van der Waals surface area contributed by atoms with Crippen LogP contribution in [0.5, 0.6) is 5.75 Å². The molecule has 2 N–H and O–H groups in total. The second-order valence-corrected chi connectivity index (χ2v) is 6.55. The molecule has 0 saturated carbocycles. The van der Waals surface area contributed by atoms with Crippen LogP contribution in [-0.2, 0) is 0 Å². The van der Waals surface area contributed by atoms with Crippen LogP contribution in [0.25, 0.3) is 11.0 Å². The molecule has 3 rings (SSSR count). The van der Waals surface area contributed by atoms with Crippen molar-refractivity contribution < 1.29 is 18.7 Å². The molecule has 0 saturated heterocycles. The predicted molar refractivity (Wildman–Crippen MR) is 105 cm³/mol. The molecule has 6 heteroatoms. The smallest absolute Gasteiger partial charge is 0.291 e. The molecule has 0 atom stereocenters. The van der Waals surface area contributed by atoms with E-state index in [9.17, 15) is 9.59 Å². The number of carbonyl (C=O) groups is 2. The van der Waals surface area contributed by atoms with Crippen LogP contribution in [0.1, 0.15) is 40.3 Å². The molecule has 3 aromatic rings. The monoisotopic (exact) mass is 366 g/mol. The third kappa shape index (κ3) is 3.79. The molecule has 0 aliphatic rings. The number of hydrogen-bond donors (Lipinski definition) is 2. The first-order valence-electron chi connectivity index (χ1n) is 8.69. The summed E-state index contributed by atoms with van der Waals surface area (Å²) in [5.74, 6) is 0.241. The van der Waals surface area contributed by atoms with Crippen LogP contribution in [0.4, 0.5) is 5.69 Å². The summed E-state index contributed by atoms with van der Waals surface area (Å²) in [6.45, 7) is 5.58. The van der Waals surface area contributed by atoms with Crippen LogP contribution in [0.3, 0.4) is 0 Å². The van der Waals surface area contributed by atoms with Crippen molar-refractivity contribution in [2.45, 2.75) is 26.8 Å². The van der Waals surface area contributed by atoms with Gasteiger partial charge in [0, 0.05) is 17.0 Å². The van der Waals surface area contributed by atoms with E-state index in [1.807, 2.05) is 26.8 Å². The molecule has 0 spiro atoms. The van der Waals surface area contributed by atoms with Crippen molar-refractivity contribution in [1.29, 1.82) is 0 Å². The van der Waals surface area contributed by atoms with Gasteiger partial charge in [0.05, 0.1) is 18.4 Å². The van der Waals surface area contributed by atoms with Gasteiger partial charge in [0.25, 0.3) is 11.8 Å². The Balaban J connectivity index is 1.91. The fourth-order valence-corrected chi connectivity index (χ4v) is 2.85. The largest absolute Gasteiger partial charge is 0.497 e. The van der Waals surface area contributed by atoms with Gasteiger partial charge in [-0.2, -0.15) is 0 Å². The van der Waals surface area contributed by atoms with E-state index in [4.69, 9.17) is 9.15 Å². The number of ether oxygens (including phenoxy) is 1. The van der Waals surface area contributed by atoms with Gasteiger partial charge in [-0.25, -0.2) is 0 Å². The molecule has 0 unspecified atom stereocenters. The van der Waals surface area contributed by atoms with Crippen LogP contribution >= 0.6 is 0 Å².